The predicted octanol–water partition coefficient (Wildman–Crippen LogP) is -3.78. The molecule has 30 heteroatoms. The molecule has 2 saturated heterocycles. The number of ketones is 1. The van der Waals surface area contributed by atoms with Crippen LogP contribution >= 0.6 is 15.6 Å². The number of fused-ring (bicyclic) bond motifs is 1. The summed E-state index contributed by atoms with van der Waals surface area (Å²) in [4.78, 5) is 53.5. The average molecular weight is 889 g/mol. The molecule has 5 unspecified atom stereocenters. The Morgan fingerprint density at radius 1 is 0.881 bits per heavy atom. The number of aliphatic hydroxyl groups is 5. The maximum atomic E-state index is 12.8. The normalized spacial score (nSPS) is 28.2. The number of aromatic amines is 1. The first kappa shape index (κ1) is 46.8. The smallest absolute Gasteiger partial charge is 0.388 e. The number of nitrogens with zero attached hydrogens (tertiary/aromatic N) is 6. The molecule has 3 aromatic heterocycles. The summed E-state index contributed by atoms with van der Waals surface area (Å²) in [5, 5.41) is 60.3. The molecule has 3 aromatic rings. The van der Waals surface area contributed by atoms with E-state index in [9.17, 15) is 54.0 Å². The van der Waals surface area contributed by atoms with Gasteiger partial charge in [0.15, 0.2) is 23.7 Å². The highest BCUT2D eigenvalue weighted by Crippen LogP contribution is 2.61. The van der Waals surface area contributed by atoms with Crippen LogP contribution in [0.4, 0.5) is 5.95 Å². The second-order valence-electron chi connectivity index (χ2n) is 13.0. The fourth-order valence-corrected chi connectivity index (χ4v) is 7.74. The lowest BCUT2D eigenvalue weighted by Gasteiger charge is -2.40. The number of rotatable bonds is 24. The highest BCUT2D eigenvalue weighted by atomic mass is 31.3. The summed E-state index contributed by atoms with van der Waals surface area (Å²) < 4.78 is 73.9. The van der Waals surface area contributed by atoms with E-state index in [0.29, 0.717) is 45.1 Å². The summed E-state index contributed by atoms with van der Waals surface area (Å²) >= 11 is 0. The molecule has 0 amide bonds. The number of aliphatic hydroxyl groups excluding tert-OH is 5. The number of hydrogen-bond donors (Lipinski definition) is 9. The van der Waals surface area contributed by atoms with Gasteiger partial charge in [0, 0.05) is 6.42 Å². The van der Waals surface area contributed by atoms with Gasteiger partial charge in [-0.05, 0) is 6.92 Å². The number of carbonyl (C=O) groups is 1. The first-order valence-electron chi connectivity index (χ1n) is 17.8. The first-order valence-corrected chi connectivity index (χ1v) is 20.8. The topological polar surface area (TPSA) is 396 Å². The largest absolute Gasteiger partial charge is 0.483 e. The molecule has 0 aromatic carbocycles. The van der Waals surface area contributed by atoms with Gasteiger partial charge in [-0.1, -0.05) is 5.21 Å². The van der Waals surface area contributed by atoms with Crippen LogP contribution in [0.25, 0.3) is 11.2 Å². The van der Waals surface area contributed by atoms with Crippen molar-refractivity contribution in [3.63, 3.8) is 0 Å². The van der Waals surface area contributed by atoms with Crippen LogP contribution in [0.3, 0.4) is 0 Å². The van der Waals surface area contributed by atoms with E-state index in [1.165, 1.54) is 17.8 Å². The Morgan fingerprint density at radius 3 is 2.20 bits per heavy atom. The number of phosphoric acid groups is 2. The number of aromatic nitrogens is 7. The van der Waals surface area contributed by atoms with Gasteiger partial charge < -0.3 is 69.5 Å². The number of Topliss-reactive ketones (excluding diaryl/α,β-unsaturated/α-hetero) is 1. The SMILES string of the molecule is CC(=O)CCOCCOCCOCCOCc1cn(CC2O[C@H](OP(=O)(O)OP(=O)(O)OC[C@H]3O[C@@H](n4cnc5c(=O)[nH]c(N)nc54)C(O)[C@H]3O)C(O)[C@@H](O)[C@@H]2O)nn1. The number of ether oxygens (including phenoxy) is 6. The molecule has 11 atom stereocenters. The fourth-order valence-electron chi connectivity index (χ4n) is 5.58. The van der Waals surface area contributed by atoms with Crippen LogP contribution in [0.2, 0.25) is 0 Å². The standard InChI is InChI=1S/C29H46N8O20P2/c1-15(38)2-3-49-4-5-50-6-7-51-8-9-52-12-16-10-36(35-34-16)11-17-20(39)22(41)24(43)28(55-17)56-59(47,48)57-58(45,46)53-13-18-21(40)23(42)27(54-18)37-14-31-19-25(37)32-29(30)33-26(19)44/h10,14,17-18,20-24,27-28,39-43H,2-9,11-13H2,1H3,(H,45,46)(H,47,48)(H3,30,32,33,44)/t17?,18-,20-,21+,22+,23?,24?,27-,28-/m1/s1. The number of nitrogen functional groups attached to an aromatic ring is 1. The van der Waals surface area contributed by atoms with Gasteiger partial charge in [-0.3, -0.25) is 28.2 Å². The van der Waals surface area contributed by atoms with E-state index in [-0.39, 0.29) is 49.3 Å². The summed E-state index contributed by atoms with van der Waals surface area (Å²) in [6, 6.07) is 0. The van der Waals surface area contributed by atoms with Crippen molar-refractivity contribution < 1.29 is 91.0 Å². The third kappa shape index (κ3) is 13.1. The van der Waals surface area contributed by atoms with Gasteiger partial charge in [-0.15, -0.1) is 5.10 Å². The molecule has 2 fully saturated rings. The maximum Gasteiger partial charge on any atom is 0.483 e. The molecule has 5 rings (SSSR count). The third-order valence-electron chi connectivity index (χ3n) is 8.49. The summed E-state index contributed by atoms with van der Waals surface area (Å²) in [7, 11) is -11.3. The van der Waals surface area contributed by atoms with Gasteiger partial charge in [0.2, 0.25) is 5.95 Å². The van der Waals surface area contributed by atoms with E-state index in [1.807, 2.05) is 0 Å². The molecule has 332 valence electrons. The Kier molecular flexibility index (Phi) is 16.7. The molecule has 59 heavy (non-hydrogen) atoms. The van der Waals surface area contributed by atoms with E-state index in [2.05, 4.69) is 29.6 Å². The molecule has 0 radical (unpaired) electrons. The zero-order chi connectivity index (χ0) is 42.9. The number of H-pyrrole nitrogens is 1. The average Bonchev–Trinajstić information content (AvgIpc) is 3.87. The van der Waals surface area contributed by atoms with Crippen molar-refractivity contribution in [1.29, 1.82) is 0 Å². The lowest BCUT2D eigenvalue weighted by molar-refractivity contribution is -0.278. The van der Waals surface area contributed by atoms with Crippen molar-refractivity contribution in [2.75, 3.05) is 58.6 Å². The maximum absolute atomic E-state index is 12.8. The van der Waals surface area contributed by atoms with Crippen LogP contribution in [0.15, 0.2) is 17.3 Å². The monoisotopic (exact) mass is 888 g/mol. The number of anilines is 1. The molecule has 5 heterocycles. The minimum Gasteiger partial charge on any atom is -0.388 e. The fraction of sp³-hybridized carbons (Fsp3) is 0.724. The number of carbonyl (C=O) groups excluding carboxylic acids is 1. The molecule has 10 N–H and O–H groups in total. The number of nitrogens with two attached hydrogens (primary N) is 1. The summed E-state index contributed by atoms with van der Waals surface area (Å²) in [6.45, 7) is 2.31. The Balaban J connectivity index is 1.04. The Hall–Kier alpha value is -3.22. The third-order valence-corrected chi connectivity index (χ3v) is 11.1. The van der Waals surface area contributed by atoms with Gasteiger partial charge in [-0.2, -0.15) is 9.29 Å². The lowest BCUT2D eigenvalue weighted by Crippen LogP contribution is -2.58. The molecule has 2 aliphatic heterocycles. The van der Waals surface area contributed by atoms with Gasteiger partial charge >= 0.3 is 15.6 Å². The quantitative estimate of drug-likeness (QED) is 0.0308. The van der Waals surface area contributed by atoms with Crippen LogP contribution in [0.1, 0.15) is 25.3 Å². The first-order chi connectivity index (χ1) is 27.9. The van der Waals surface area contributed by atoms with Crippen molar-refractivity contribution in [2.24, 2.45) is 0 Å². The molecule has 0 aliphatic carbocycles. The minimum absolute atomic E-state index is 0.0109. The van der Waals surface area contributed by atoms with Crippen molar-refractivity contribution in [3.05, 3.63) is 28.6 Å². The Morgan fingerprint density at radius 2 is 1.53 bits per heavy atom. The molecular formula is C29H46N8O20P2. The zero-order valence-corrected chi connectivity index (χ0v) is 33.0. The van der Waals surface area contributed by atoms with Gasteiger partial charge in [0.25, 0.3) is 5.56 Å². The highest BCUT2D eigenvalue weighted by Gasteiger charge is 2.50. The van der Waals surface area contributed by atoms with Crippen LogP contribution in [0, 0.1) is 0 Å². The van der Waals surface area contributed by atoms with E-state index in [4.69, 9.17) is 43.2 Å². The van der Waals surface area contributed by atoms with Crippen LogP contribution < -0.4 is 11.3 Å². The van der Waals surface area contributed by atoms with Gasteiger partial charge in [-0.25, -0.2) is 18.8 Å². The van der Waals surface area contributed by atoms with E-state index in [1.54, 1.807) is 0 Å². The Bertz CT molecular complexity index is 1990. The van der Waals surface area contributed by atoms with E-state index >= 15 is 0 Å². The molecule has 2 aliphatic rings. The van der Waals surface area contributed by atoms with Crippen LogP contribution in [0.5, 0.6) is 0 Å². The molecule has 0 saturated carbocycles. The predicted molar refractivity (Wildman–Crippen MR) is 190 cm³/mol. The number of nitrogens with one attached hydrogen (secondary N) is 1. The van der Waals surface area contributed by atoms with Crippen LogP contribution in [-0.4, -0.2) is 177 Å². The summed E-state index contributed by atoms with van der Waals surface area (Å²) in [5.74, 6) is -0.235. The van der Waals surface area contributed by atoms with Crippen molar-refractivity contribution in [2.45, 2.75) is 81.7 Å². The second-order valence-corrected chi connectivity index (χ2v) is 16.0. The van der Waals surface area contributed by atoms with Crippen molar-refractivity contribution in [1.82, 2.24) is 34.5 Å². The van der Waals surface area contributed by atoms with Gasteiger partial charge in [0.05, 0.1) is 78.5 Å². The number of hydrogen-bond acceptors (Lipinski definition) is 23. The summed E-state index contributed by atoms with van der Waals surface area (Å²) in [5.41, 5.74) is 4.92. The minimum atomic E-state index is -5.70. The van der Waals surface area contributed by atoms with Crippen molar-refractivity contribution in [3.8, 4) is 0 Å². The summed E-state index contributed by atoms with van der Waals surface area (Å²) in [6.07, 6.45) is -13.3. The zero-order valence-electron chi connectivity index (χ0n) is 31.2. The van der Waals surface area contributed by atoms with E-state index in [0.717, 1.165) is 10.9 Å². The highest BCUT2D eigenvalue weighted by molar-refractivity contribution is 7.61. The number of imidazole rings is 1. The molecule has 0 spiro atoms. The molecular weight excluding hydrogens is 842 g/mol. The molecule has 0 bridgehead atoms. The number of phosphoric ester groups is 2. The molecule has 28 nitrogen and oxygen atoms in total. The van der Waals surface area contributed by atoms with Crippen LogP contribution in [-0.2, 0) is 68.9 Å². The Labute approximate surface area is 332 Å². The van der Waals surface area contributed by atoms with E-state index < -0.39 is 83.1 Å². The van der Waals surface area contributed by atoms with Gasteiger partial charge in [0.1, 0.15) is 54.2 Å². The second kappa shape index (κ2) is 21.0. The lowest BCUT2D eigenvalue weighted by atomic mass is 9.99. The van der Waals surface area contributed by atoms with Crippen molar-refractivity contribution >= 4 is 38.5 Å².